The molecule has 1 aliphatic rings. The number of carbonyl (C=O) groups is 2. The van der Waals surface area contributed by atoms with E-state index in [9.17, 15) is 9.59 Å². The average Bonchev–Trinajstić information content (AvgIpc) is 3.02. The highest BCUT2D eigenvalue weighted by Crippen LogP contribution is 2.40. The standard InChI is InChI=1S/C27H28N2O2/c1-17(2)21-13-9-14-22(18(3)4)25(21)29-26(30)23-15-8-10-19(24(23)27(29)31)16-28-20-11-6-5-7-12-20/h5-15,17-18,28H,16H2,1-4H3. The molecule has 0 unspecified atom stereocenters. The van der Waals surface area contributed by atoms with Crippen molar-refractivity contribution in [1.29, 1.82) is 0 Å². The minimum absolute atomic E-state index is 0.192. The smallest absolute Gasteiger partial charge is 0.266 e. The number of anilines is 2. The van der Waals surface area contributed by atoms with Crippen LogP contribution in [0, 0.1) is 0 Å². The summed E-state index contributed by atoms with van der Waals surface area (Å²) in [7, 11) is 0. The summed E-state index contributed by atoms with van der Waals surface area (Å²) in [6, 6.07) is 21.4. The number of amides is 2. The normalized spacial score (nSPS) is 13.3. The van der Waals surface area contributed by atoms with E-state index in [1.165, 1.54) is 4.90 Å². The third kappa shape index (κ3) is 3.74. The van der Waals surface area contributed by atoms with Gasteiger partial charge in [-0.1, -0.05) is 76.2 Å². The molecule has 31 heavy (non-hydrogen) atoms. The van der Waals surface area contributed by atoms with E-state index in [1.54, 1.807) is 6.07 Å². The van der Waals surface area contributed by atoms with Crippen molar-refractivity contribution in [3.8, 4) is 0 Å². The molecule has 0 aliphatic carbocycles. The highest BCUT2D eigenvalue weighted by molar-refractivity contribution is 6.35. The molecule has 0 bridgehead atoms. The quantitative estimate of drug-likeness (QED) is 0.480. The highest BCUT2D eigenvalue weighted by atomic mass is 16.2. The molecule has 1 N–H and O–H groups in total. The van der Waals surface area contributed by atoms with Crippen molar-refractivity contribution in [3.05, 3.63) is 94.5 Å². The summed E-state index contributed by atoms with van der Waals surface area (Å²) in [4.78, 5) is 28.5. The molecule has 4 rings (SSSR count). The van der Waals surface area contributed by atoms with E-state index in [-0.39, 0.29) is 23.7 Å². The number of hydrogen-bond donors (Lipinski definition) is 1. The molecule has 1 heterocycles. The van der Waals surface area contributed by atoms with Crippen molar-refractivity contribution in [2.45, 2.75) is 46.1 Å². The van der Waals surface area contributed by atoms with Gasteiger partial charge in [-0.3, -0.25) is 9.59 Å². The van der Waals surface area contributed by atoms with Crippen molar-refractivity contribution in [1.82, 2.24) is 0 Å². The van der Waals surface area contributed by atoms with Gasteiger partial charge in [0.15, 0.2) is 0 Å². The number of carbonyl (C=O) groups excluding carboxylic acids is 2. The molecule has 4 heteroatoms. The van der Waals surface area contributed by atoms with Gasteiger partial charge in [0.25, 0.3) is 11.8 Å². The largest absolute Gasteiger partial charge is 0.381 e. The Balaban J connectivity index is 1.77. The fourth-order valence-electron chi connectivity index (χ4n) is 4.23. The molecule has 2 amide bonds. The maximum absolute atomic E-state index is 13.7. The monoisotopic (exact) mass is 412 g/mol. The first kappa shape index (κ1) is 20.9. The van der Waals surface area contributed by atoms with E-state index in [1.807, 2.05) is 60.7 Å². The van der Waals surface area contributed by atoms with Gasteiger partial charge in [-0.25, -0.2) is 4.90 Å². The fraction of sp³-hybridized carbons (Fsp3) is 0.259. The predicted molar refractivity (Wildman–Crippen MR) is 126 cm³/mol. The maximum atomic E-state index is 13.7. The number of imide groups is 1. The molecular weight excluding hydrogens is 384 g/mol. The maximum Gasteiger partial charge on any atom is 0.266 e. The van der Waals surface area contributed by atoms with Gasteiger partial charge in [0.2, 0.25) is 0 Å². The summed E-state index contributed by atoms with van der Waals surface area (Å²) < 4.78 is 0. The van der Waals surface area contributed by atoms with Gasteiger partial charge >= 0.3 is 0 Å². The molecule has 158 valence electrons. The third-order valence-corrected chi connectivity index (χ3v) is 5.82. The molecule has 0 fully saturated rings. The Labute approximate surface area is 183 Å². The van der Waals surface area contributed by atoms with Crippen molar-refractivity contribution in [3.63, 3.8) is 0 Å². The van der Waals surface area contributed by atoms with Gasteiger partial charge in [-0.15, -0.1) is 0 Å². The number of nitrogens with one attached hydrogen (secondary N) is 1. The highest BCUT2D eigenvalue weighted by Gasteiger charge is 2.40. The van der Waals surface area contributed by atoms with Gasteiger partial charge in [0.1, 0.15) is 0 Å². The number of fused-ring (bicyclic) bond motifs is 1. The molecule has 4 nitrogen and oxygen atoms in total. The minimum Gasteiger partial charge on any atom is -0.381 e. The molecule has 0 spiro atoms. The number of rotatable bonds is 6. The summed E-state index contributed by atoms with van der Waals surface area (Å²) in [5.41, 5.74) is 5.57. The SMILES string of the molecule is CC(C)c1cccc(C(C)C)c1N1C(=O)c2cccc(CNc3ccccc3)c2C1=O. The van der Waals surface area contributed by atoms with Gasteiger partial charge < -0.3 is 5.32 Å². The van der Waals surface area contributed by atoms with Crippen LogP contribution in [0.5, 0.6) is 0 Å². The zero-order valence-electron chi connectivity index (χ0n) is 18.5. The number of hydrogen-bond acceptors (Lipinski definition) is 3. The van der Waals surface area contributed by atoms with E-state index >= 15 is 0 Å². The van der Waals surface area contributed by atoms with Crippen LogP contribution in [-0.4, -0.2) is 11.8 Å². The molecule has 0 saturated heterocycles. The van der Waals surface area contributed by atoms with Crippen molar-refractivity contribution in [2.75, 3.05) is 10.2 Å². The molecule has 3 aromatic carbocycles. The van der Waals surface area contributed by atoms with Crippen LogP contribution in [-0.2, 0) is 6.54 Å². The number of benzene rings is 3. The third-order valence-electron chi connectivity index (χ3n) is 5.82. The van der Waals surface area contributed by atoms with Crippen molar-refractivity contribution >= 4 is 23.2 Å². The first-order valence-corrected chi connectivity index (χ1v) is 10.8. The van der Waals surface area contributed by atoms with Crippen LogP contribution in [0.4, 0.5) is 11.4 Å². The van der Waals surface area contributed by atoms with E-state index < -0.39 is 0 Å². The first-order chi connectivity index (χ1) is 14.9. The molecular formula is C27H28N2O2. The molecule has 0 radical (unpaired) electrons. The van der Waals surface area contributed by atoms with Crippen LogP contribution in [0.1, 0.15) is 76.9 Å². The summed E-state index contributed by atoms with van der Waals surface area (Å²) in [5.74, 6) is -0.0912. The van der Waals surface area contributed by atoms with Crippen LogP contribution in [0.25, 0.3) is 0 Å². The summed E-state index contributed by atoms with van der Waals surface area (Å²) >= 11 is 0. The van der Waals surface area contributed by atoms with E-state index in [0.29, 0.717) is 17.7 Å². The Kier molecular flexibility index (Phi) is 5.64. The van der Waals surface area contributed by atoms with Crippen molar-refractivity contribution in [2.24, 2.45) is 0 Å². The lowest BCUT2D eigenvalue weighted by molar-refractivity contribution is 0.0925. The molecule has 3 aromatic rings. The second-order valence-electron chi connectivity index (χ2n) is 8.60. The predicted octanol–water partition coefficient (Wildman–Crippen LogP) is 6.35. The summed E-state index contributed by atoms with van der Waals surface area (Å²) in [5, 5.41) is 3.36. The van der Waals surface area contributed by atoms with E-state index in [0.717, 1.165) is 28.1 Å². The minimum atomic E-state index is -0.239. The summed E-state index contributed by atoms with van der Waals surface area (Å²) in [6.45, 7) is 8.85. The zero-order valence-corrected chi connectivity index (χ0v) is 18.5. The van der Waals surface area contributed by atoms with Gasteiger partial charge in [0.05, 0.1) is 16.8 Å². The van der Waals surface area contributed by atoms with Gasteiger partial charge in [0, 0.05) is 12.2 Å². The van der Waals surface area contributed by atoms with E-state index in [2.05, 4.69) is 33.0 Å². The second kappa shape index (κ2) is 8.38. The molecule has 0 saturated carbocycles. The topological polar surface area (TPSA) is 49.4 Å². The first-order valence-electron chi connectivity index (χ1n) is 10.8. The average molecular weight is 413 g/mol. The van der Waals surface area contributed by atoms with Crippen LogP contribution in [0.15, 0.2) is 66.7 Å². The van der Waals surface area contributed by atoms with Crippen LogP contribution in [0.2, 0.25) is 0 Å². The number of nitrogens with zero attached hydrogens (tertiary/aromatic N) is 1. The Morgan fingerprint density at radius 3 is 1.97 bits per heavy atom. The fourth-order valence-corrected chi connectivity index (χ4v) is 4.23. The molecule has 0 atom stereocenters. The van der Waals surface area contributed by atoms with Crippen LogP contribution >= 0.6 is 0 Å². The van der Waals surface area contributed by atoms with Crippen LogP contribution in [0.3, 0.4) is 0 Å². The second-order valence-corrected chi connectivity index (χ2v) is 8.60. The summed E-state index contributed by atoms with van der Waals surface area (Å²) in [6.07, 6.45) is 0. The molecule has 1 aliphatic heterocycles. The zero-order chi connectivity index (χ0) is 22.1. The lowest BCUT2D eigenvalue weighted by Gasteiger charge is -2.25. The Morgan fingerprint density at radius 2 is 1.35 bits per heavy atom. The Hall–Kier alpha value is -3.40. The van der Waals surface area contributed by atoms with Gasteiger partial charge in [-0.05, 0) is 46.7 Å². The lowest BCUT2D eigenvalue weighted by atomic mass is 9.92. The Morgan fingerprint density at radius 1 is 0.742 bits per heavy atom. The number of para-hydroxylation sites is 2. The van der Waals surface area contributed by atoms with Gasteiger partial charge in [-0.2, -0.15) is 0 Å². The lowest BCUT2D eigenvalue weighted by Crippen LogP contribution is -2.32. The Bertz CT molecular complexity index is 1110. The van der Waals surface area contributed by atoms with Crippen molar-refractivity contribution < 1.29 is 9.59 Å². The van der Waals surface area contributed by atoms with Crippen LogP contribution < -0.4 is 10.2 Å². The van der Waals surface area contributed by atoms with E-state index in [4.69, 9.17) is 0 Å². The molecule has 0 aromatic heterocycles.